The normalized spacial score (nSPS) is 34.1. The molecule has 2 N–H and O–H groups in total. The number of fused-ring (bicyclic) bond motifs is 1. The van der Waals surface area contributed by atoms with Crippen LogP contribution in [0.5, 0.6) is 0 Å². The summed E-state index contributed by atoms with van der Waals surface area (Å²) >= 11 is 0. The van der Waals surface area contributed by atoms with Crippen molar-refractivity contribution in [2.24, 2.45) is 11.8 Å². The van der Waals surface area contributed by atoms with E-state index < -0.39 is 0 Å². The van der Waals surface area contributed by atoms with Gasteiger partial charge in [-0.3, -0.25) is 0 Å². The maximum atomic E-state index is 4.20. The van der Waals surface area contributed by atoms with Gasteiger partial charge >= 0.3 is 0 Å². The van der Waals surface area contributed by atoms with Gasteiger partial charge in [0.05, 0.1) is 6.54 Å². The van der Waals surface area contributed by atoms with Gasteiger partial charge in [-0.15, -0.1) is 0 Å². The smallest absolute Gasteiger partial charge is 0.120 e. The number of hydrogen-bond acceptors (Lipinski definition) is 2. The molecule has 1 aromatic heterocycles. The molecule has 1 fully saturated rings. The first-order valence-corrected chi connectivity index (χ1v) is 5.32. The Morgan fingerprint density at radius 2 is 2.57 bits per heavy atom. The van der Waals surface area contributed by atoms with Gasteiger partial charge in [0.25, 0.3) is 0 Å². The highest BCUT2D eigenvalue weighted by Crippen LogP contribution is 2.42. The highest BCUT2D eigenvalue weighted by molar-refractivity contribution is 5.13. The number of aromatic nitrogens is 2. The molecular weight excluding hydrogens is 174 g/mol. The largest absolute Gasteiger partial charge is 0.348 e. The molecule has 0 saturated heterocycles. The van der Waals surface area contributed by atoms with Crippen molar-refractivity contribution in [2.45, 2.75) is 25.4 Å². The fourth-order valence-corrected chi connectivity index (χ4v) is 2.57. The van der Waals surface area contributed by atoms with Crippen LogP contribution in [0.4, 0.5) is 0 Å². The predicted octanol–water partition coefficient (Wildman–Crippen LogP) is 1.46. The zero-order valence-electron chi connectivity index (χ0n) is 8.11. The third-order valence-electron chi connectivity index (χ3n) is 3.45. The zero-order valence-corrected chi connectivity index (χ0v) is 8.11. The van der Waals surface area contributed by atoms with Crippen LogP contribution in [0.3, 0.4) is 0 Å². The van der Waals surface area contributed by atoms with E-state index in [9.17, 15) is 0 Å². The van der Waals surface area contributed by atoms with E-state index in [2.05, 4.69) is 27.4 Å². The number of rotatable bonds is 3. The van der Waals surface area contributed by atoms with E-state index in [0.717, 1.165) is 24.2 Å². The minimum atomic E-state index is 0.684. The molecule has 74 valence electrons. The summed E-state index contributed by atoms with van der Waals surface area (Å²) in [6.45, 7) is 0.870. The van der Waals surface area contributed by atoms with Crippen LogP contribution in [0, 0.1) is 11.8 Å². The molecule has 0 aromatic carbocycles. The van der Waals surface area contributed by atoms with Crippen LogP contribution in [0.1, 0.15) is 18.7 Å². The topological polar surface area (TPSA) is 40.7 Å². The maximum Gasteiger partial charge on any atom is 0.120 e. The van der Waals surface area contributed by atoms with Crippen molar-refractivity contribution in [2.75, 3.05) is 0 Å². The number of hydrogen-bond donors (Lipinski definition) is 2. The van der Waals surface area contributed by atoms with E-state index in [1.165, 1.54) is 12.8 Å². The minimum Gasteiger partial charge on any atom is -0.348 e. The number of H-pyrrole nitrogens is 1. The van der Waals surface area contributed by atoms with Gasteiger partial charge in [-0.1, -0.05) is 12.2 Å². The Kier molecular flexibility index (Phi) is 1.91. The summed E-state index contributed by atoms with van der Waals surface area (Å²) in [5.74, 6) is 2.77. The molecule has 14 heavy (non-hydrogen) atoms. The lowest BCUT2D eigenvalue weighted by Crippen LogP contribution is -2.47. The molecule has 3 nitrogen and oxygen atoms in total. The molecule has 3 rings (SSSR count). The molecule has 0 radical (unpaired) electrons. The molecule has 2 aliphatic carbocycles. The zero-order chi connectivity index (χ0) is 9.38. The quantitative estimate of drug-likeness (QED) is 0.707. The molecule has 2 aliphatic rings. The van der Waals surface area contributed by atoms with Gasteiger partial charge in [0.1, 0.15) is 5.82 Å². The average molecular weight is 189 g/mol. The molecule has 1 heterocycles. The predicted molar refractivity (Wildman–Crippen MR) is 54.6 cm³/mol. The second-order valence-electron chi connectivity index (χ2n) is 4.26. The first-order chi connectivity index (χ1) is 6.93. The summed E-state index contributed by atoms with van der Waals surface area (Å²) in [4.78, 5) is 7.30. The van der Waals surface area contributed by atoms with E-state index in [1.807, 2.05) is 6.20 Å². The van der Waals surface area contributed by atoms with Crippen LogP contribution >= 0.6 is 0 Å². The van der Waals surface area contributed by atoms with Gasteiger partial charge in [0.15, 0.2) is 0 Å². The molecule has 1 aromatic rings. The van der Waals surface area contributed by atoms with Crippen molar-refractivity contribution in [3.8, 4) is 0 Å². The molecule has 0 amide bonds. The van der Waals surface area contributed by atoms with Crippen molar-refractivity contribution >= 4 is 0 Å². The Hall–Kier alpha value is -1.09. The van der Waals surface area contributed by atoms with Gasteiger partial charge in [-0.2, -0.15) is 0 Å². The third-order valence-corrected chi connectivity index (χ3v) is 3.45. The van der Waals surface area contributed by atoms with Crippen molar-refractivity contribution in [1.29, 1.82) is 0 Å². The number of allylic oxidation sites excluding steroid dienone is 1. The van der Waals surface area contributed by atoms with Crippen LogP contribution in [0.15, 0.2) is 24.5 Å². The molecule has 3 atom stereocenters. The molecule has 3 unspecified atom stereocenters. The summed E-state index contributed by atoms with van der Waals surface area (Å²) < 4.78 is 0. The number of imidazole rings is 1. The number of aromatic amines is 1. The molecule has 1 saturated carbocycles. The van der Waals surface area contributed by atoms with Gasteiger partial charge in [-0.05, 0) is 24.7 Å². The Morgan fingerprint density at radius 3 is 3.36 bits per heavy atom. The summed E-state index contributed by atoms with van der Waals surface area (Å²) in [5, 5.41) is 3.55. The van der Waals surface area contributed by atoms with Crippen LogP contribution in [-0.2, 0) is 6.54 Å². The highest BCUT2D eigenvalue weighted by Gasteiger charge is 2.40. The highest BCUT2D eigenvalue weighted by atomic mass is 15.0. The SMILES string of the molecule is C1=CC2C(C1)CC2NCc1ncc[nH]1. The van der Waals surface area contributed by atoms with E-state index >= 15 is 0 Å². The fraction of sp³-hybridized carbons (Fsp3) is 0.545. The van der Waals surface area contributed by atoms with E-state index in [1.54, 1.807) is 6.20 Å². The summed E-state index contributed by atoms with van der Waals surface area (Å²) in [6.07, 6.45) is 11.0. The van der Waals surface area contributed by atoms with Crippen LogP contribution in [-0.4, -0.2) is 16.0 Å². The van der Waals surface area contributed by atoms with Crippen molar-refractivity contribution in [1.82, 2.24) is 15.3 Å². The Balaban J connectivity index is 1.52. The third kappa shape index (κ3) is 1.28. The average Bonchev–Trinajstić information content (AvgIpc) is 2.76. The van der Waals surface area contributed by atoms with Gasteiger partial charge in [-0.25, -0.2) is 4.98 Å². The lowest BCUT2D eigenvalue weighted by molar-refractivity contribution is 0.161. The number of nitrogens with one attached hydrogen (secondary N) is 2. The molecule has 3 heteroatoms. The summed E-state index contributed by atoms with van der Waals surface area (Å²) in [6, 6.07) is 0.684. The second-order valence-corrected chi connectivity index (χ2v) is 4.26. The molecular formula is C11H15N3. The van der Waals surface area contributed by atoms with E-state index in [-0.39, 0.29) is 0 Å². The minimum absolute atomic E-state index is 0.684. The first-order valence-electron chi connectivity index (χ1n) is 5.32. The van der Waals surface area contributed by atoms with E-state index in [0.29, 0.717) is 6.04 Å². The van der Waals surface area contributed by atoms with Crippen LogP contribution < -0.4 is 5.32 Å². The van der Waals surface area contributed by atoms with Gasteiger partial charge in [0.2, 0.25) is 0 Å². The Bertz CT molecular complexity index is 328. The molecule has 0 bridgehead atoms. The monoisotopic (exact) mass is 189 g/mol. The van der Waals surface area contributed by atoms with Crippen LogP contribution in [0.25, 0.3) is 0 Å². The van der Waals surface area contributed by atoms with Crippen molar-refractivity contribution in [3.05, 3.63) is 30.4 Å². The van der Waals surface area contributed by atoms with Gasteiger partial charge in [0, 0.05) is 18.4 Å². The van der Waals surface area contributed by atoms with Crippen molar-refractivity contribution in [3.63, 3.8) is 0 Å². The molecule has 0 spiro atoms. The molecule has 0 aliphatic heterocycles. The lowest BCUT2D eigenvalue weighted by Gasteiger charge is -2.40. The first kappa shape index (κ1) is 8.24. The number of nitrogens with zero attached hydrogens (tertiary/aromatic N) is 1. The maximum absolute atomic E-state index is 4.20. The Morgan fingerprint density at radius 1 is 1.57 bits per heavy atom. The standard InChI is InChI=1S/C11H15N3/c1-2-8-6-10(9(8)3-1)14-7-11-12-4-5-13-11/h1,3-5,8-10,14H,2,6-7H2,(H,12,13). The fourth-order valence-electron chi connectivity index (χ4n) is 2.57. The summed E-state index contributed by atoms with van der Waals surface area (Å²) in [7, 11) is 0. The Labute approximate surface area is 83.6 Å². The summed E-state index contributed by atoms with van der Waals surface area (Å²) in [5.41, 5.74) is 0. The second kappa shape index (κ2) is 3.24. The van der Waals surface area contributed by atoms with Crippen LogP contribution in [0.2, 0.25) is 0 Å². The van der Waals surface area contributed by atoms with Crippen molar-refractivity contribution < 1.29 is 0 Å². The van der Waals surface area contributed by atoms with E-state index in [4.69, 9.17) is 0 Å². The lowest BCUT2D eigenvalue weighted by atomic mass is 9.71. The van der Waals surface area contributed by atoms with Gasteiger partial charge < -0.3 is 10.3 Å².